The molecule has 0 N–H and O–H groups in total. The molecule has 9 heavy (non-hydrogen) atoms. The van der Waals surface area contributed by atoms with Crippen LogP contribution in [0.4, 0.5) is 8.78 Å². The molecule has 1 heterocycles. The Kier molecular flexibility index (Phi) is 1.42. The topological polar surface area (TPSA) is 12.9 Å². The van der Waals surface area contributed by atoms with Crippen molar-refractivity contribution in [2.75, 3.05) is 0 Å². The molecule has 0 aliphatic heterocycles. The molecule has 1 nitrogen and oxygen atoms in total. The number of aryl methyl sites for hydroxylation is 1. The number of aromatic nitrogens is 1. The molecule has 0 saturated heterocycles. The second kappa shape index (κ2) is 2.09. The molecule has 0 radical (unpaired) electrons. The van der Waals surface area contributed by atoms with Crippen LogP contribution in [-0.2, 0) is 0 Å². The van der Waals surface area contributed by atoms with E-state index in [1.165, 1.54) is 6.92 Å². The maximum atomic E-state index is 12.2. The molecule has 48 valence electrons. The fourth-order valence-corrected chi connectivity index (χ4v) is 0.524. The summed E-state index contributed by atoms with van der Waals surface area (Å²) in [4.78, 5) is 3.14. The average molecular weight is 129 g/mol. The third-order valence-electron chi connectivity index (χ3n) is 0.981. The van der Waals surface area contributed by atoms with Crippen molar-refractivity contribution in [3.63, 3.8) is 0 Å². The van der Waals surface area contributed by atoms with Gasteiger partial charge in [-0.15, -0.1) is 0 Å². The number of pyridine rings is 1. The van der Waals surface area contributed by atoms with Crippen LogP contribution in [0.15, 0.2) is 12.3 Å². The Labute approximate surface area is 51.3 Å². The molecule has 0 aromatic carbocycles. The first kappa shape index (κ1) is 6.13. The Bertz CT molecular complexity index is 222. The fourth-order valence-electron chi connectivity index (χ4n) is 0.524. The van der Waals surface area contributed by atoms with Crippen LogP contribution in [0, 0.1) is 18.7 Å². The molecule has 1 rings (SSSR count). The van der Waals surface area contributed by atoms with Crippen molar-refractivity contribution in [2.24, 2.45) is 0 Å². The Hall–Kier alpha value is -0.990. The van der Waals surface area contributed by atoms with Gasteiger partial charge in [-0.3, -0.25) is 0 Å². The lowest BCUT2D eigenvalue weighted by molar-refractivity contribution is 0.551. The van der Waals surface area contributed by atoms with Gasteiger partial charge in [-0.1, -0.05) is 0 Å². The zero-order valence-corrected chi connectivity index (χ0v) is 4.86. The van der Waals surface area contributed by atoms with Gasteiger partial charge in [0.1, 0.15) is 5.82 Å². The highest BCUT2D eigenvalue weighted by Gasteiger charge is 1.97. The van der Waals surface area contributed by atoms with E-state index in [1.54, 1.807) is 0 Å². The summed E-state index contributed by atoms with van der Waals surface area (Å²) in [6.45, 7) is 1.46. The van der Waals surface area contributed by atoms with Crippen molar-refractivity contribution in [1.82, 2.24) is 4.98 Å². The largest absolute Gasteiger partial charge is 0.225 e. The lowest BCUT2D eigenvalue weighted by Crippen LogP contribution is -1.87. The number of nitrogens with zero attached hydrogens (tertiary/aromatic N) is 1. The first-order valence-corrected chi connectivity index (χ1v) is 2.48. The van der Waals surface area contributed by atoms with Crippen LogP contribution in [0.5, 0.6) is 0 Å². The highest BCUT2D eigenvalue weighted by molar-refractivity contribution is 5.09. The zero-order valence-electron chi connectivity index (χ0n) is 4.86. The minimum Gasteiger partial charge on any atom is -0.225 e. The smallest absolute Gasteiger partial charge is 0.215 e. The van der Waals surface area contributed by atoms with Gasteiger partial charge < -0.3 is 0 Å². The molecule has 0 atom stereocenters. The van der Waals surface area contributed by atoms with Gasteiger partial charge in [-0.25, -0.2) is 9.37 Å². The molecule has 0 fully saturated rings. The minimum atomic E-state index is -0.614. The van der Waals surface area contributed by atoms with E-state index in [1.807, 2.05) is 0 Å². The van der Waals surface area contributed by atoms with E-state index in [9.17, 15) is 8.78 Å². The molecule has 3 heteroatoms. The van der Waals surface area contributed by atoms with E-state index in [4.69, 9.17) is 0 Å². The van der Waals surface area contributed by atoms with Crippen LogP contribution in [0.1, 0.15) is 5.56 Å². The summed E-state index contributed by atoms with van der Waals surface area (Å²) in [6.07, 6.45) is 0.850. The molecule has 0 aliphatic rings. The highest BCUT2D eigenvalue weighted by atomic mass is 19.1. The quantitative estimate of drug-likeness (QED) is 0.485. The SMILES string of the molecule is Cc1cc(F)cnc1F. The van der Waals surface area contributed by atoms with E-state index in [2.05, 4.69) is 4.98 Å². The molecule has 0 bridgehead atoms. The molecular weight excluding hydrogens is 124 g/mol. The first-order chi connectivity index (χ1) is 4.20. The molecule has 1 aromatic heterocycles. The Morgan fingerprint density at radius 2 is 2.11 bits per heavy atom. The lowest BCUT2D eigenvalue weighted by atomic mass is 10.3. The number of halogens is 2. The van der Waals surface area contributed by atoms with Crippen LogP contribution in [-0.4, -0.2) is 4.98 Å². The Balaban J connectivity index is 3.17. The Morgan fingerprint density at radius 1 is 1.44 bits per heavy atom. The maximum absolute atomic E-state index is 12.2. The van der Waals surface area contributed by atoms with E-state index in [-0.39, 0.29) is 5.56 Å². The number of hydrogen-bond acceptors (Lipinski definition) is 1. The second-order valence-electron chi connectivity index (χ2n) is 1.76. The normalized spacial score (nSPS) is 9.67. The standard InChI is InChI=1S/C6H5F2N/c1-4-2-5(7)3-9-6(4)8/h2-3H,1H3. The van der Waals surface area contributed by atoms with E-state index in [0.29, 0.717) is 0 Å². The molecule has 0 unspecified atom stereocenters. The summed E-state index contributed by atoms with van der Waals surface area (Å²) in [5.41, 5.74) is 0.231. The summed E-state index contributed by atoms with van der Waals surface area (Å²) >= 11 is 0. The average Bonchev–Trinajstić information content (AvgIpc) is 1.80. The van der Waals surface area contributed by atoms with Crippen molar-refractivity contribution < 1.29 is 8.78 Å². The second-order valence-corrected chi connectivity index (χ2v) is 1.76. The van der Waals surface area contributed by atoms with E-state index >= 15 is 0 Å². The predicted octanol–water partition coefficient (Wildman–Crippen LogP) is 1.67. The van der Waals surface area contributed by atoms with Gasteiger partial charge in [0.2, 0.25) is 5.95 Å². The summed E-state index contributed by atoms with van der Waals surface area (Å²) in [5, 5.41) is 0. The van der Waals surface area contributed by atoms with Gasteiger partial charge in [-0.2, -0.15) is 4.39 Å². The van der Waals surface area contributed by atoms with Gasteiger partial charge >= 0.3 is 0 Å². The van der Waals surface area contributed by atoms with Gasteiger partial charge in [-0.05, 0) is 13.0 Å². The monoisotopic (exact) mass is 129 g/mol. The number of hydrogen-bond donors (Lipinski definition) is 0. The van der Waals surface area contributed by atoms with Gasteiger partial charge in [0.25, 0.3) is 0 Å². The van der Waals surface area contributed by atoms with E-state index in [0.717, 1.165) is 12.3 Å². The highest BCUT2D eigenvalue weighted by Crippen LogP contribution is 2.02. The molecular formula is C6H5F2N. The van der Waals surface area contributed by atoms with Gasteiger partial charge in [0.05, 0.1) is 6.20 Å². The van der Waals surface area contributed by atoms with Crippen molar-refractivity contribution >= 4 is 0 Å². The van der Waals surface area contributed by atoms with Gasteiger partial charge in [0, 0.05) is 5.56 Å². The maximum Gasteiger partial charge on any atom is 0.215 e. The molecule has 0 amide bonds. The van der Waals surface area contributed by atoms with Crippen molar-refractivity contribution in [2.45, 2.75) is 6.92 Å². The van der Waals surface area contributed by atoms with Crippen molar-refractivity contribution in [1.29, 1.82) is 0 Å². The van der Waals surface area contributed by atoms with Crippen LogP contribution in [0.2, 0.25) is 0 Å². The third-order valence-corrected chi connectivity index (χ3v) is 0.981. The Morgan fingerprint density at radius 3 is 2.56 bits per heavy atom. The summed E-state index contributed by atoms with van der Waals surface area (Å²) in [7, 11) is 0. The third kappa shape index (κ3) is 1.22. The predicted molar refractivity (Wildman–Crippen MR) is 28.9 cm³/mol. The van der Waals surface area contributed by atoms with Crippen molar-refractivity contribution in [3.8, 4) is 0 Å². The molecule has 1 aromatic rings. The number of rotatable bonds is 0. The fraction of sp³-hybridized carbons (Fsp3) is 0.167. The van der Waals surface area contributed by atoms with Crippen LogP contribution < -0.4 is 0 Å². The summed E-state index contributed by atoms with van der Waals surface area (Å²) in [5.74, 6) is -1.12. The first-order valence-electron chi connectivity index (χ1n) is 2.48. The molecule has 0 aliphatic carbocycles. The summed E-state index contributed by atoms with van der Waals surface area (Å²) in [6, 6.07) is 1.10. The summed E-state index contributed by atoms with van der Waals surface area (Å²) < 4.78 is 24.3. The lowest BCUT2D eigenvalue weighted by Gasteiger charge is -1.91. The van der Waals surface area contributed by atoms with Crippen molar-refractivity contribution in [3.05, 3.63) is 29.6 Å². The van der Waals surface area contributed by atoms with Crippen LogP contribution in [0.3, 0.4) is 0 Å². The van der Waals surface area contributed by atoms with Gasteiger partial charge in [0.15, 0.2) is 0 Å². The zero-order chi connectivity index (χ0) is 6.85. The molecule has 0 saturated carbocycles. The van der Waals surface area contributed by atoms with Crippen LogP contribution in [0.25, 0.3) is 0 Å². The van der Waals surface area contributed by atoms with Crippen LogP contribution >= 0.6 is 0 Å². The van der Waals surface area contributed by atoms with E-state index < -0.39 is 11.8 Å². The molecule has 0 spiro atoms. The minimum absolute atomic E-state index is 0.231.